The van der Waals surface area contributed by atoms with Gasteiger partial charge in [0.15, 0.2) is 0 Å². The van der Waals surface area contributed by atoms with Crippen molar-refractivity contribution >= 4 is 11.9 Å². The Bertz CT molecular complexity index is 473. The topological polar surface area (TPSA) is 90.0 Å². The maximum atomic E-state index is 11.6. The molecule has 0 aliphatic carbocycles. The molecule has 6 heteroatoms. The quantitative estimate of drug-likeness (QED) is 0.633. The van der Waals surface area contributed by atoms with E-state index in [9.17, 15) is 9.59 Å². The predicted molar refractivity (Wildman–Crippen MR) is 52.4 cm³/mol. The van der Waals surface area contributed by atoms with Crippen molar-refractivity contribution < 1.29 is 9.59 Å². The van der Waals surface area contributed by atoms with Crippen molar-refractivity contribution in [3.8, 4) is 0 Å². The monoisotopic (exact) mass is 208 g/mol. The molecule has 2 heterocycles. The first-order valence-electron chi connectivity index (χ1n) is 4.57. The molecule has 1 aliphatic heterocycles. The first-order chi connectivity index (χ1) is 6.84. The molecule has 0 unspecified atom stereocenters. The summed E-state index contributed by atoms with van der Waals surface area (Å²) in [7, 11) is 0. The molecule has 0 aromatic carbocycles. The molecule has 0 saturated carbocycles. The second-order valence-corrected chi connectivity index (χ2v) is 4.14. The zero-order chi connectivity index (χ0) is 11.4. The van der Waals surface area contributed by atoms with Gasteiger partial charge in [-0.15, -0.1) is 0 Å². The number of hydrogen-bond acceptors (Lipinski definition) is 3. The molecular weight excluding hydrogens is 196 g/mol. The molecule has 6 nitrogen and oxygen atoms in total. The van der Waals surface area contributed by atoms with Gasteiger partial charge in [0.05, 0.1) is 11.2 Å². The van der Waals surface area contributed by atoms with Gasteiger partial charge < -0.3 is 11.1 Å². The van der Waals surface area contributed by atoms with Crippen LogP contribution in [-0.4, -0.2) is 21.7 Å². The van der Waals surface area contributed by atoms with Crippen molar-refractivity contribution in [1.29, 1.82) is 0 Å². The minimum Gasteiger partial charge on any atom is -0.350 e. The van der Waals surface area contributed by atoms with Gasteiger partial charge in [0, 0.05) is 5.56 Å². The van der Waals surface area contributed by atoms with E-state index in [1.807, 2.05) is 13.8 Å². The minimum absolute atomic E-state index is 0.255. The van der Waals surface area contributed by atoms with Crippen LogP contribution in [0.5, 0.6) is 0 Å². The second kappa shape index (κ2) is 2.59. The summed E-state index contributed by atoms with van der Waals surface area (Å²) in [5, 5.41) is 6.73. The van der Waals surface area contributed by atoms with Crippen LogP contribution in [0.3, 0.4) is 0 Å². The fourth-order valence-corrected chi connectivity index (χ4v) is 2.05. The van der Waals surface area contributed by atoms with Gasteiger partial charge in [-0.25, -0.2) is 4.79 Å². The summed E-state index contributed by atoms with van der Waals surface area (Å²) in [5.41, 5.74) is 6.28. The van der Waals surface area contributed by atoms with Crippen molar-refractivity contribution in [1.82, 2.24) is 15.1 Å². The van der Waals surface area contributed by atoms with E-state index in [4.69, 9.17) is 5.73 Å². The van der Waals surface area contributed by atoms with Crippen molar-refractivity contribution in [2.75, 3.05) is 0 Å². The number of amides is 2. The Labute approximate surface area is 86.4 Å². The normalized spacial score (nSPS) is 17.4. The van der Waals surface area contributed by atoms with Gasteiger partial charge in [-0.2, -0.15) is 9.78 Å². The smallest absolute Gasteiger partial charge is 0.340 e. The average molecular weight is 208 g/mol. The maximum absolute atomic E-state index is 11.6. The van der Waals surface area contributed by atoms with Crippen LogP contribution in [0.2, 0.25) is 0 Å². The lowest BCUT2D eigenvalue weighted by molar-refractivity contribution is 0.0931. The zero-order valence-corrected chi connectivity index (χ0v) is 8.79. The van der Waals surface area contributed by atoms with Gasteiger partial charge in [0.1, 0.15) is 5.69 Å². The Morgan fingerprint density at radius 1 is 1.53 bits per heavy atom. The molecule has 1 aromatic heterocycles. The number of nitrogens with two attached hydrogens (primary N) is 1. The Morgan fingerprint density at radius 2 is 2.13 bits per heavy atom. The number of primary amides is 1. The molecule has 1 aromatic rings. The second-order valence-electron chi connectivity index (χ2n) is 4.14. The van der Waals surface area contributed by atoms with Crippen LogP contribution < -0.4 is 11.1 Å². The Kier molecular flexibility index (Phi) is 1.67. The van der Waals surface area contributed by atoms with Crippen molar-refractivity contribution in [3.63, 3.8) is 0 Å². The highest BCUT2D eigenvalue weighted by Crippen LogP contribution is 2.32. The van der Waals surface area contributed by atoms with Crippen LogP contribution in [0.1, 0.15) is 35.6 Å². The summed E-state index contributed by atoms with van der Waals surface area (Å²) in [5.74, 6) is -0.311. The standard InChI is InChI=1S/C9H12N4O2/c1-4-5-6(13(12-4)8(10)15)7(14)11-9(5,2)3/h1-3H3,(H2,10,15)(H,11,14). The molecular formula is C9H12N4O2. The van der Waals surface area contributed by atoms with E-state index < -0.39 is 11.6 Å². The molecule has 0 spiro atoms. The fourth-order valence-electron chi connectivity index (χ4n) is 2.05. The van der Waals surface area contributed by atoms with Crippen LogP contribution in [0.4, 0.5) is 4.79 Å². The third kappa shape index (κ3) is 1.14. The number of carbonyl (C=O) groups excluding carboxylic acids is 2. The first kappa shape index (κ1) is 9.70. The SMILES string of the molecule is Cc1nn(C(N)=O)c2c1C(C)(C)NC2=O. The van der Waals surface area contributed by atoms with Crippen LogP contribution in [0.25, 0.3) is 0 Å². The van der Waals surface area contributed by atoms with E-state index in [0.29, 0.717) is 5.69 Å². The summed E-state index contributed by atoms with van der Waals surface area (Å²) in [6.45, 7) is 5.47. The Hall–Kier alpha value is -1.85. The van der Waals surface area contributed by atoms with E-state index in [2.05, 4.69) is 10.4 Å². The number of carbonyl (C=O) groups is 2. The number of hydrogen-bond donors (Lipinski definition) is 2. The zero-order valence-electron chi connectivity index (χ0n) is 8.79. The highest BCUT2D eigenvalue weighted by molar-refractivity contribution is 6.01. The number of aromatic nitrogens is 2. The number of nitrogens with one attached hydrogen (secondary N) is 1. The molecule has 0 radical (unpaired) electrons. The van der Waals surface area contributed by atoms with Crippen molar-refractivity contribution in [2.45, 2.75) is 26.3 Å². The Morgan fingerprint density at radius 3 is 2.67 bits per heavy atom. The van der Waals surface area contributed by atoms with Crippen molar-refractivity contribution in [2.24, 2.45) is 5.73 Å². The van der Waals surface area contributed by atoms with Gasteiger partial charge in [-0.1, -0.05) is 0 Å². The third-order valence-electron chi connectivity index (χ3n) is 2.54. The molecule has 80 valence electrons. The lowest BCUT2D eigenvalue weighted by Gasteiger charge is -2.18. The van der Waals surface area contributed by atoms with Crippen molar-refractivity contribution in [3.05, 3.63) is 17.0 Å². The van der Waals surface area contributed by atoms with E-state index in [1.54, 1.807) is 6.92 Å². The third-order valence-corrected chi connectivity index (χ3v) is 2.54. The number of aryl methyl sites for hydroxylation is 1. The summed E-state index contributed by atoms with van der Waals surface area (Å²) in [6, 6.07) is -0.743. The Balaban J connectivity index is 2.75. The van der Waals surface area contributed by atoms with Gasteiger partial charge >= 0.3 is 6.03 Å². The van der Waals surface area contributed by atoms with E-state index in [0.717, 1.165) is 10.2 Å². The average Bonchev–Trinajstić information content (AvgIpc) is 2.51. The van der Waals surface area contributed by atoms with Crippen LogP contribution in [-0.2, 0) is 5.54 Å². The van der Waals surface area contributed by atoms with E-state index in [1.165, 1.54) is 0 Å². The number of nitrogens with zero attached hydrogens (tertiary/aromatic N) is 2. The van der Waals surface area contributed by atoms with E-state index in [-0.39, 0.29) is 11.6 Å². The molecule has 0 saturated heterocycles. The molecule has 0 atom stereocenters. The molecule has 1 aliphatic rings. The molecule has 15 heavy (non-hydrogen) atoms. The van der Waals surface area contributed by atoms with E-state index >= 15 is 0 Å². The lowest BCUT2D eigenvalue weighted by atomic mass is 9.96. The van der Waals surface area contributed by atoms with Gasteiger partial charge in [0.25, 0.3) is 5.91 Å². The lowest BCUT2D eigenvalue weighted by Crippen LogP contribution is -2.34. The van der Waals surface area contributed by atoms with Crippen LogP contribution in [0, 0.1) is 6.92 Å². The number of rotatable bonds is 0. The molecule has 2 amide bonds. The molecule has 3 N–H and O–H groups in total. The van der Waals surface area contributed by atoms with Crippen LogP contribution in [0.15, 0.2) is 0 Å². The predicted octanol–water partition coefficient (Wildman–Crippen LogP) is 0.0968. The van der Waals surface area contributed by atoms with Gasteiger partial charge in [0.2, 0.25) is 0 Å². The molecule has 2 rings (SSSR count). The maximum Gasteiger partial charge on any atom is 0.340 e. The largest absolute Gasteiger partial charge is 0.350 e. The molecule has 0 fully saturated rings. The van der Waals surface area contributed by atoms with Crippen LogP contribution >= 0.6 is 0 Å². The highest BCUT2D eigenvalue weighted by Gasteiger charge is 2.41. The summed E-state index contributed by atoms with van der Waals surface area (Å²) in [4.78, 5) is 22.7. The summed E-state index contributed by atoms with van der Waals surface area (Å²) in [6.07, 6.45) is 0. The van der Waals surface area contributed by atoms with Gasteiger partial charge in [-0.05, 0) is 20.8 Å². The fraction of sp³-hybridized carbons (Fsp3) is 0.444. The summed E-state index contributed by atoms with van der Waals surface area (Å²) < 4.78 is 0.953. The number of fused-ring (bicyclic) bond motifs is 1. The first-order valence-corrected chi connectivity index (χ1v) is 4.57. The summed E-state index contributed by atoms with van der Waals surface area (Å²) >= 11 is 0. The minimum atomic E-state index is -0.743. The molecule has 0 bridgehead atoms. The van der Waals surface area contributed by atoms with Gasteiger partial charge in [-0.3, -0.25) is 4.79 Å². The highest BCUT2D eigenvalue weighted by atomic mass is 16.2.